The Labute approximate surface area is 157 Å². The Bertz CT molecular complexity index is 1070. The minimum Gasteiger partial charge on any atom is -0.507 e. The Morgan fingerprint density at radius 3 is 2.22 bits per heavy atom. The van der Waals surface area contributed by atoms with Crippen molar-refractivity contribution in [1.82, 2.24) is 14.8 Å². The van der Waals surface area contributed by atoms with Crippen molar-refractivity contribution in [3.8, 4) is 17.1 Å². The molecule has 3 aromatic rings. The van der Waals surface area contributed by atoms with Crippen LogP contribution in [0.3, 0.4) is 0 Å². The quantitative estimate of drug-likeness (QED) is 0.724. The number of aromatic amines is 1. The summed E-state index contributed by atoms with van der Waals surface area (Å²) < 4.78 is 1.90. The highest BCUT2D eigenvalue weighted by molar-refractivity contribution is 5.89. The van der Waals surface area contributed by atoms with Gasteiger partial charge in [0.2, 0.25) is 0 Å². The molecule has 4 bridgehead atoms. The predicted molar refractivity (Wildman–Crippen MR) is 104 cm³/mol. The SMILES string of the molecule is O=c1[nH]nc(-c2cc3ccccc3cc2O)n1C12CC3CC(CC(C3)C1)C2. The van der Waals surface area contributed by atoms with Gasteiger partial charge in [0.15, 0.2) is 5.82 Å². The molecule has 1 heterocycles. The van der Waals surface area contributed by atoms with Crippen molar-refractivity contribution in [2.24, 2.45) is 17.8 Å². The topological polar surface area (TPSA) is 70.9 Å². The molecule has 1 aromatic heterocycles. The zero-order chi connectivity index (χ0) is 18.2. The summed E-state index contributed by atoms with van der Waals surface area (Å²) >= 11 is 0. The molecule has 4 fully saturated rings. The zero-order valence-electron chi connectivity index (χ0n) is 15.2. The van der Waals surface area contributed by atoms with E-state index in [0.717, 1.165) is 47.8 Å². The number of aromatic nitrogens is 3. The molecule has 0 saturated heterocycles. The molecule has 7 rings (SSSR count). The van der Waals surface area contributed by atoms with Crippen molar-refractivity contribution >= 4 is 10.8 Å². The van der Waals surface area contributed by atoms with Gasteiger partial charge in [0.05, 0.1) is 11.1 Å². The average molecular weight is 361 g/mol. The maximum atomic E-state index is 12.9. The molecule has 5 nitrogen and oxygen atoms in total. The highest BCUT2D eigenvalue weighted by Crippen LogP contribution is 2.59. The highest BCUT2D eigenvalue weighted by atomic mass is 16.3. The van der Waals surface area contributed by atoms with E-state index in [-0.39, 0.29) is 17.0 Å². The van der Waals surface area contributed by atoms with Gasteiger partial charge in [-0.25, -0.2) is 9.89 Å². The van der Waals surface area contributed by atoms with Crippen LogP contribution in [-0.2, 0) is 5.54 Å². The first kappa shape index (κ1) is 15.5. The van der Waals surface area contributed by atoms with E-state index in [1.807, 2.05) is 34.9 Å². The second-order valence-corrected chi connectivity index (χ2v) is 9.05. The Hall–Kier alpha value is -2.56. The molecule has 0 atom stereocenters. The highest BCUT2D eigenvalue weighted by Gasteiger charge is 2.53. The lowest BCUT2D eigenvalue weighted by atomic mass is 9.53. The van der Waals surface area contributed by atoms with E-state index in [2.05, 4.69) is 10.2 Å². The van der Waals surface area contributed by atoms with Crippen LogP contribution in [0.15, 0.2) is 41.2 Å². The number of rotatable bonds is 2. The third kappa shape index (κ3) is 2.17. The monoisotopic (exact) mass is 361 g/mol. The Morgan fingerprint density at radius 1 is 1.00 bits per heavy atom. The van der Waals surface area contributed by atoms with Crippen molar-refractivity contribution in [1.29, 1.82) is 0 Å². The smallest absolute Gasteiger partial charge is 0.344 e. The van der Waals surface area contributed by atoms with Gasteiger partial charge >= 0.3 is 5.69 Å². The first-order valence-electron chi connectivity index (χ1n) is 10.0. The normalized spacial score (nSPS) is 31.6. The molecule has 138 valence electrons. The number of aromatic hydroxyl groups is 1. The van der Waals surface area contributed by atoms with Gasteiger partial charge in [-0.15, -0.1) is 0 Å². The van der Waals surface area contributed by atoms with E-state index in [4.69, 9.17) is 0 Å². The zero-order valence-corrected chi connectivity index (χ0v) is 15.2. The lowest BCUT2D eigenvalue weighted by Gasteiger charge is -2.57. The number of H-pyrrole nitrogens is 1. The fourth-order valence-corrected chi connectivity index (χ4v) is 6.66. The summed E-state index contributed by atoms with van der Waals surface area (Å²) in [6.07, 6.45) is 7.17. The molecular weight excluding hydrogens is 338 g/mol. The summed E-state index contributed by atoms with van der Waals surface area (Å²) in [5.41, 5.74) is 0.369. The Kier molecular flexibility index (Phi) is 3.01. The number of nitrogens with zero attached hydrogens (tertiary/aromatic N) is 2. The molecule has 0 radical (unpaired) electrons. The lowest BCUT2D eigenvalue weighted by molar-refractivity contribution is -0.0439. The van der Waals surface area contributed by atoms with Crippen LogP contribution in [0.25, 0.3) is 22.2 Å². The first-order chi connectivity index (χ1) is 13.1. The molecule has 0 spiro atoms. The van der Waals surface area contributed by atoms with Crippen LogP contribution in [0.5, 0.6) is 5.75 Å². The standard InChI is InChI=1S/C22H23N3O2/c26-19-9-17-4-2-1-3-16(17)8-18(19)20-23-24-21(27)25(20)22-10-13-5-14(11-22)7-15(6-13)12-22/h1-4,8-9,13-15,26H,5-7,10-12H2,(H,24,27). The number of benzene rings is 2. The van der Waals surface area contributed by atoms with Crippen LogP contribution in [0.4, 0.5) is 0 Å². The van der Waals surface area contributed by atoms with Gasteiger partial charge in [0.1, 0.15) is 5.75 Å². The minimum atomic E-state index is -0.139. The average Bonchev–Trinajstić information content (AvgIpc) is 3.02. The summed E-state index contributed by atoms with van der Waals surface area (Å²) in [4.78, 5) is 12.9. The van der Waals surface area contributed by atoms with Crippen molar-refractivity contribution in [3.63, 3.8) is 0 Å². The van der Waals surface area contributed by atoms with E-state index >= 15 is 0 Å². The van der Waals surface area contributed by atoms with E-state index in [9.17, 15) is 9.90 Å². The maximum absolute atomic E-state index is 12.9. The number of phenols is 1. The Balaban J connectivity index is 1.55. The van der Waals surface area contributed by atoms with Gasteiger partial charge < -0.3 is 5.11 Å². The molecule has 0 aliphatic heterocycles. The van der Waals surface area contributed by atoms with Gasteiger partial charge in [0.25, 0.3) is 0 Å². The summed E-state index contributed by atoms with van der Waals surface area (Å²) in [6, 6.07) is 11.7. The largest absolute Gasteiger partial charge is 0.507 e. The fourth-order valence-electron chi connectivity index (χ4n) is 6.66. The summed E-state index contributed by atoms with van der Waals surface area (Å²) in [5.74, 6) is 2.96. The number of hydrogen-bond acceptors (Lipinski definition) is 3. The third-order valence-electron chi connectivity index (χ3n) is 7.26. The lowest BCUT2D eigenvalue weighted by Crippen LogP contribution is -2.54. The van der Waals surface area contributed by atoms with E-state index < -0.39 is 0 Å². The van der Waals surface area contributed by atoms with Crippen LogP contribution in [0.2, 0.25) is 0 Å². The van der Waals surface area contributed by atoms with Crippen molar-refractivity contribution in [2.75, 3.05) is 0 Å². The molecule has 4 saturated carbocycles. The van der Waals surface area contributed by atoms with Crippen LogP contribution in [-0.4, -0.2) is 19.9 Å². The van der Waals surface area contributed by atoms with Crippen molar-refractivity contribution < 1.29 is 5.11 Å². The number of hydrogen-bond donors (Lipinski definition) is 2. The van der Waals surface area contributed by atoms with Gasteiger partial charge in [-0.05, 0) is 79.2 Å². The van der Waals surface area contributed by atoms with Crippen LogP contribution in [0.1, 0.15) is 38.5 Å². The molecule has 2 N–H and O–H groups in total. The summed E-state index contributed by atoms with van der Waals surface area (Å²) in [5, 5.41) is 19.8. The van der Waals surface area contributed by atoms with Gasteiger partial charge in [-0.3, -0.25) is 4.57 Å². The number of nitrogens with one attached hydrogen (secondary N) is 1. The molecular formula is C22H23N3O2. The van der Waals surface area contributed by atoms with E-state index in [1.165, 1.54) is 19.3 Å². The second kappa shape index (κ2) is 5.24. The molecule has 0 amide bonds. The maximum Gasteiger partial charge on any atom is 0.344 e. The molecule has 0 unspecified atom stereocenters. The van der Waals surface area contributed by atoms with Crippen molar-refractivity contribution in [2.45, 2.75) is 44.1 Å². The second-order valence-electron chi connectivity index (χ2n) is 9.05. The van der Waals surface area contributed by atoms with E-state index in [1.54, 1.807) is 6.07 Å². The van der Waals surface area contributed by atoms with Gasteiger partial charge in [-0.1, -0.05) is 24.3 Å². The molecule has 4 aliphatic rings. The number of fused-ring (bicyclic) bond motifs is 1. The Morgan fingerprint density at radius 2 is 1.59 bits per heavy atom. The first-order valence-corrected chi connectivity index (χ1v) is 10.0. The third-order valence-corrected chi connectivity index (χ3v) is 7.26. The molecule has 2 aromatic carbocycles. The van der Waals surface area contributed by atoms with Gasteiger partial charge in [-0.2, -0.15) is 5.10 Å². The van der Waals surface area contributed by atoms with Crippen LogP contribution in [0, 0.1) is 17.8 Å². The molecule has 4 aliphatic carbocycles. The van der Waals surface area contributed by atoms with Gasteiger partial charge in [0, 0.05) is 0 Å². The van der Waals surface area contributed by atoms with Crippen molar-refractivity contribution in [3.05, 3.63) is 46.9 Å². The van der Waals surface area contributed by atoms with Crippen LogP contribution < -0.4 is 5.69 Å². The molecule has 27 heavy (non-hydrogen) atoms. The predicted octanol–water partition coefficient (Wildman–Crippen LogP) is 4.02. The summed E-state index contributed by atoms with van der Waals surface area (Å²) in [7, 11) is 0. The number of phenolic OH excluding ortho intramolecular Hbond substituents is 1. The summed E-state index contributed by atoms with van der Waals surface area (Å²) in [6.45, 7) is 0. The molecule has 5 heteroatoms. The van der Waals surface area contributed by atoms with E-state index in [0.29, 0.717) is 11.4 Å². The minimum absolute atomic E-state index is 0.133. The fraction of sp³-hybridized carbons (Fsp3) is 0.455. The van der Waals surface area contributed by atoms with Crippen LogP contribution >= 0.6 is 0 Å².